The van der Waals surface area contributed by atoms with Gasteiger partial charge in [0.05, 0.1) is 12.7 Å². The second-order valence-electron chi connectivity index (χ2n) is 2.80. The summed E-state index contributed by atoms with van der Waals surface area (Å²) < 4.78 is 10.7. The molecular formula is C8H16O2. The van der Waals surface area contributed by atoms with Crippen molar-refractivity contribution >= 4 is 0 Å². The molecule has 0 aromatic carbocycles. The number of ether oxygens (including phenoxy) is 2. The molecule has 0 bridgehead atoms. The first-order valence-electron chi connectivity index (χ1n) is 4.10. The Bertz CT molecular complexity index is 93.3. The topological polar surface area (TPSA) is 18.5 Å². The Labute approximate surface area is 62.5 Å². The van der Waals surface area contributed by atoms with Crippen LogP contribution in [0.3, 0.4) is 0 Å². The Hall–Kier alpha value is -0.0800. The van der Waals surface area contributed by atoms with E-state index in [1.54, 1.807) is 0 Å². The molecule has 2 unspecified atom stereocenters. The van der Waals surface area contributed by atoms with E-state index in [4.69, 9.17) is 9.47 Å². The van der Waals surface area contributed by atoms with Crippen molar-refractivity contribution in [3.8, 4) is 0 Å². The van der Waals surface area contributed by atoms with Crippen LogP contribution in [0.25, 0.3) is 0 Å². The molecule has 2 nitrogen and oxygen atoms in total. The average molecular weight is 144 g/mol. The molecule has 10 heavy (non-hydrogen) atoms. The van der Waals surface area contributed by atoms with E-state index in [1.165, 1.54) is 12.8 Å². The van der Waals surface area contributed by atoms with E-state index < -0.39 is 0 Å². The van der Waals surface area contributed by atoms with Gasteiger partial charge in [0.15, 0.2) is 6.29 Å². The van der Waals surface area contributed by atoms with E-state index in [1.807, 2.05) is 6.92 Å². The van der Waals surface area contributed by atoms with Crippen molar-refractivity contribution in [3.63, 3.8) is 0 Å². The van der Waals surface area contributed by atoms with Gasteiger partial charge in [0.25, 0.3) is 0 Å². The van der Waals surface area contributed by atoms with Crippen LogP contribution in [-0.4, -0.2) is 19.0 Å². The number of unbranched alkanes of at least 4 members (excludes halogenated alkanes) is 1. The van der Waals surface area contributed by atoms with Crippen LogP contribution in [0, 0.1) is 0 Å². The molecule has 1 rings (SSSR count). The van der Waals surface area contributed by atoms with Gasteiger partial charge < -0.3 is 9.47 Å². The molecule has 1 aliphatic rings. The highest BCUT2D eigenvalue weighted by atomic mass is 16.7. The lowest BCUT2D eigenvalue weighted by atomic mass is 10.2. The van der Waals surface area contributed by atoms with Gasteiger partial charge in [-0.15, -0.1) is 0 Å². The summed E-state index contributed by atoms with van der Waals surface area (Å²) in [6, 6.07) is 0. The quantitative estimate of drug-likeness (QED) is 0.602. The summed E-state index contributed by atoms with van der Waals surface area (Å²) in [6.07, 6.45) is 4.05. The summed E-state index contributed by atoms with van der Waals surface area (Å²) in [6.45, 7) is 4.94. The normalized spacial score (nSPS) is 33.0. The fraction of sp³-hybridized carbons (Fsp3) is 1.00. The van der Waals surface area contributed by atoms with Crippen LogP contribution in [-0.2, 0) is 9.47 Å². The van der Waals surface area contributed by atoms with Crippen molar-refractivity contribution in [2.24, 2.45) is 0 Å². The van der Waals surface area contributed by atoms with Crippen LogP contribution in [0.5, 0.6) is 0 Å². The highest BCUT2D eigenvalue weighted by molar-refractivity contribution is 4.62. The zero-order chi connectivity index (χ0) is 7.40. The molecule has 0 spiro atoms. The lowest BCUT2D eigenvalue weighted by Crippen LogP contribution is -2.09. The molecule has 2 heteroatoms. The van der Waals surface area contributed by atoms with Crippen LogP contribution in [0.2, 0.25) is 0 Å². The minimum absolute atomic E-state index is 0.0295. The van der Waals surface area contributed by atoms with Crippen LogP contribution >= 0.6 is 0 Å². The molecule has 0 aliphatic carbocycles. The van der Waals surface area contributed by atoms with Gasteiger partial charge in [0.1, 0.15) is 0 Å². The van der Waals surface area contributed by atoms with E-state index in [-0.39, 0.29) is 6.29 Å². The third-order valence-electron chi connectivity index (χ3n) is 1.78. The zero-order valence-electron chi connectivity index (χ0n) is 6.80. The molecular weight excluding hydrogens is 128 g/mol. The van der Waals surface area contributed by atoms with Gasteiger partial charge in [-0.05, 0) is 13.3 Å². The van der Waals surface area contributed by atoms with Gasteiger partial charge in [-0.2, -0.15) is 0 Å². The maximum atomic E-state index is 5.44. The second kappa shape index (κ2) is 3.94. The van der Waals surface area contributed by atoms with E-state index in [0.29, 0.717) is 6.10 Å². The first-order chi connectivity index (χ1) is 4.83. The molecule has 0 N–H and O–H groups in total. The summed E-state index contributed by atoms with van der Waals surface area (Å²) in [7, 11) is 0. The van der Waals surface area contributed by atoms with E-state index in [2.05, 4.69) is 6.92 Å². The third kappa shape index (κ3) is 2.27. The lowest BCUT2D eigenvalue weighted by molar-refractivity contribution is -0.0434. The van der Waals surface area contributed by atoms with Crippen LogP contribution in [0.1, 0.15) is 33.1 Å². The van der Waals surface area contributed by atoms with Gasteiger partial charge in [-0.25, -0.2) is 0 Å². The van der Waals surface area contributed by atoms with E-state index in [0.717, 1.165) is 13.0 Å². The summed E-state index contributed by atoms with van der Waals surface area (Å²) in [5, 5.41) is 0. The second-order valence-corrected chi connectivity index (χ2v) is 2.80. The first-order valence-corrected chi connectivity index (χ1v) is 4.10. The largest absolute Gasteiger partial charge is 0.350 e. The molecule has 1 aliphatic heterocycles. The van der Waals surface area contributed by atoms with E-state index >= 15 is 0 Å². The molecule has 1 saturated heterocycles. The Morgan fingerprint density at radius 3 is 2.80 bits per heavy atom. The van der Waals surface area contributed by atoms with Crippen LogP contribution in [0.4, 0.5) is 0 Å². The van der Waals surface area contributed by atoms with Crippen molar-refractivity contribution < 1.29 is 9.47 Å². The SMILES string of the molecule is CCCCC1COC(C)O1. The number of rotatable bonds is 3. The Morgan fingerprint density at radius 2 is 2.30 bits per heavy atom. The fourth-order valence-corrected chi connectivity index (χ4v) is 1.18. The van der Waals surface area contributed by atoms with Gasteiger partial charge >= 0.3 is 0 Å². The maximum absolute atomic E-state index is 5.44. The number of hydrogen-bond acceptors (Lipinski definition) is 2. The summed E-state index contributed by atoms with van der Waals surface area (Å²) in [5.41, 5.74) is 0. The van der Waals surface area contributed by atoms with Gasteiger partial charge in [0, 0.05) is 0 Å². The fourth-order valence-electron chi connectivity index (χ4n) is 1.18. The van der Waals surface area contributed by atoms with Gasteiger partial charge in [-0.1, -0.05) is 19.8 Å². The predicted molar refractivity (Wildman–Crippen MR) is 39.8 cm³/mol. The van der Waals surface area contributed by atoms with Crippen molar-refractivity contribution in [1.82, 2.24) is 0 Å². The number of hydrogen-bond donors (Lipinski definition) is 0. The lowest BCUT2D eigenvalue weighted by Gasteiger charge is -2.06. The summed E-state index contributed by atoms with van der Waals surface area (Å²) in [5.74, 6) is 0. The molecule has 60 valence electrons. The molecule has 2 atom stereocenters. The molecule has 0 aromatic rings. The highest BCUT2D eigenvalue weighted by Gasteiger charge is 2.20. The van der Waals surface area contributed by atoms with Gasteiger partial charge in [-0.3, -0.25) is 0 Å². The monoisotopic (exact) mass is 144 g/mol. The Morgan fingerprint density at radius 1 is 1.50 bits per heavy atom. The van der Waals surface area contributed by atoms with Gasteiger partial charge in [0.2, 0.25) is 0 Å². The smallest absolute Gasteiger partial charge is 0.155 e. The highest BCUT2D eigenvalue weighted by Crippen LogP contribution is 2.15. The van der Waals surface area contributed by atoms with Crippen molar-refractivity contribution in [2.75, 3.05) is 6.61 Å². The molecule has 1 heterocycles. The molecule has 1 fully saturated rings. The van der Waals surface area contributed by atoms with Crippen molar-refractivity contribution in [2.45, 2.75) is 45.5 Å². The first kappa shape index (κ1) is 8.02. The minimum atomic E-state index is 0.0295. The zero-order valence-corrected chi connectivity index (χ0v) is 6.80. The Kier molecular flexibility index (Phi) is 3.16. The third-order valence-corrected chi connectivity index (χ3v) is 1.78. The average Bonchev–Trinajstić information content (AvgIpc) is 2.31. The summed E-state index contributed by atoms with van der Waals surface area (Å²) >= 11 is 0. The van der Waals surface area contributed by atoms with E-state index in [9.17, 15) is 0 Å². The Balaban J connectivity index is 2.06. The van der Waals surface area contributed by atoms with Crippen molar-refractivity contribution in [1.29, 1.82) is 0 Å². The van der Waals surface area contributed by atoms with Crippen LogP contribution in [0.15, 0.2) is 0 Å². The summed E-state index contributed by atoms with van der Waals surface area (Å²) in [4.78, 5) is 0. The predicted octanol–water partition coefficient (Wildman–Crippen LogP) is 1.94. The minimum Gasteiger partial charge on any atom is -0.350 e. The van der Waals surface area contributed by atoms with Crippen molar-refractivity contribution in [3.05, 3.63) is 0 Å². The maximum Gasteiger partial charge on any atom is 0.155 e. The molecule has 0 radical (unpaired) electrons. The molecule has 0 amide bonds. The van der Waals surface area contributed by atoms with Crippen LogP contribution < -0.4 is 0 Å². The molecule has 0 saturated carbocycles. The molecule has 0 aromatic heterocycles. The standard InChI is InChI=1S/C8H16O2/c1-3-4-5-8-6-9-7(2)10-8/h7-8H,3-6H2,1-2H3.